The summed E-state index contributed by atoms with van der Waals surface area (Å²) in [6.45, 7) is 3.22. The quantitative estimate of drug-likeness (QED) is 0.674. The molecule has 0 spiro atoms. The number of para-hydroxylation sites is 2. The first-order valence-electron chi connectivity index (χ1n) is 9.83. The van der Waals surface area contributed by atoms with Crippen LogP contribution in [0.1, 0.15) is 25.6 Å². The molecule has 0 bridgehead atoms. The Morgan fingerprint density at radius 2 is 1.86 bits per heavy atom. The van der Waals surface area contributed by atoms with E-state index < -0.39 is 10.0 Å². The largest absolute Gasteiger partial charge is 0.324 e. The summed E-state index contributed by atoms with van der Waals surface area (Å²) in [5.41, 5.74) is 2.23. The fraction of sp³-hybridized carbons (Fsp3) is 0.333. The molecule has 2 aromatic carbocycles. The monoisotopic (exact) mass is 412 g/mol. The second kappa shape index (κ2) is 7.96. The number of aryl methyl sites for hydroxylation is 1. The Labute approximate surface area is 170 Å². The Morgan fingerprint density at radius 1 is 1.10 bits per heavy atom. The number of hydrogen-bond acceptors (Lipinski definition) is 4. The lowest BCUT2D eigenvalue weighted by atomic mass is 10.3. The molecule has 0 radical (unpaired) electrons. The zero-order valence-electron chi connectivity index (χ0n) is 16.3. The molecule has 1 aliphatic rings. The predicted octanol–water partition coefficient (Wildman–Crippen LogP) is 3.02. The molecule has 1 fully saturated rings. The number of sulfonamides is 1. The summed E-state index contributed by atoms with van der Waals surface area (Å²) in [4.78, 5) is 17.5. The van der Waals surface area contributed by atoms with Gasteiger partial charge in [0.15, 0.2) is 0 Å². The molecule has 2 heterocycles. The number of benzene rings is 2. The summed E-state index contributed by atoms with van der Waals surface area (Å²) in [5.74, 6) is 0.616. The summed E-state index contributed by atoms with van der Waals surface area (Å²) in [6, 6.07) is 14.2. The van der Waals surface area contributed by atoms with E-state index in [2.05, 4.69) is 10.3 Å². The lowest BCUT2D eigenvalue weighted by Crippen LogP contribution is -2.28. The molecule has 3 aromatic rings. The molecule has 8 heteroatoms. The molecule has 0 unspecified atom stereocenters. The molecule has 152 valence electrons. The van der Waals surface area contributed by atoms with Crippen LogP contribution >= 0.6 is 0 Å². The van der Waals surface area contributed by atoms with Crippen molar-refractivity contribution >= 4 is 32.7 Å². The Bertz CT molecular complexity index is 1150. The maximum Gasteiger partial charge on any atom is 0.244 e. The van der Waals surface area contributed by atoms with E-state index in [-0.39, 0.29) is 17.3 Å². The molecule has 4 rings (SSSR count). The number of carbonyl (C=O) groups is 1. The fourth-order valence-corrected chi connectivity index (χ4v) is 5.29. The van der Waals surface area contributed by atoms with Crippen molar-refractivity contribution in [3.05, 3.63) is 54.4 Å². The molecular weight excluding hydrogens is 388 g/mol. The predicted molar refractivity (Wildman–Crippen MR) is 112 cm³/mol. The SMILES string of the molecule is CCc1nc2ccccc2n1CC(=O)Nc1cccc(S(=O)(=O)N2CCCC2)c1. The van der Waals surface area contributed by atoms with Gasteiger partial charge >= 0.3 is 0 Å². The molecule has 7 nitrogen and oxygen atoms in total. The molecular formula is C21H24N4O3S. The van der Waals surface area contributed by atoms with Crippen LogP contribution in [0.5, 0.6) is 0 Å². The van der Waals surface area contributed by atoms with Crippen LogP contribution in [0.4, 0.5) is 5.69 Å². The minimum Gasteiger partial charge on any atom is -0.324 e. The molecule has 0 atom stereocenters. The topological polar surface area (TPSA) is 84.3 Å². The lowest BCUT2D eigenvalue weighted by Gasteiger charge is -2.16. The van der Waals surface area contributed by atoms with Crippen molar-refractivity contribution in [1.29, 1.82) is 0 Å². The summed E-state index contributed by atoms with van der Waals surface area (Å²) < 4.78 is 28.9. The van der Waals surface area contributed by atoms with E-state index in [4.69, 9.17) is 0 Å². The number of amides is 1. The van der Waals surface area contributed by atoms with E-state index in [1.165, 1.54) is 10.4 Å². The van der Waals surface area contributed by atoms with Gasteiger partial charge in [-0.05, 0) is 43.2 Å². The highest BCUT2D eigenvalue weighted by molar-refractivity contribution is 7.89. The molecule has 0 saturated carbocycles. The van der Waals surface area contributed by atoms with Gasteiger partial charge in [0.25, 0.3) is 0 Å². The third-order valence-electron chi connectivity index (χ3n) is 5.17. The van der Waals surface area contributed by atoms with Crippen LogP contribution in [0.15, 0.2) is 53.4 Å². The van der Waals surface area contributed by atoms with Crippen LogP contribution < -0.4 is 5.32 Å². The van der Waals surface area contributed by atoms with E-state index in [9.17, 15) is 13.2 Å². The Kier molecular flexibility index (Phi) is 5.38. The van der Waals surface area contributed by atoms with Gasteiger partial charge in [-0.2, -0.15) is 4.31 Å². The van der Waals surface area contributed by atoms with Crippen molar-refractivity contribution in [1.82, 2.24) is 13.9 Å². The van der Waals surface area contributed by atoms with Gasteiger partial charge < -0.3 is 9.88 Å². The number of nitrogens with zero attached hydrogens (tertiary/aromatic N) is 3. The average Bonchev–Trinajstić information content (AvgIpc) is 3.37. The Balaban J connectivity index is 1.54. The minimum atomic E-state index is -3.52. The van der Waals surface area contributed by atoms with Crippen molar-refractivity contribution in [2.75, 3.05) is 18.4 Å². The first kappa shape index (κ1) is 19.6. The zero-order chi connectivity index (χ0) is 20.4. The maximum absolute atomic E-state index is 12.8. The number of rotatable bonds is 6. The first-order chi connectivity index (χ1) is 14.0. The second-order valence-electron chi connectivity index (χ2n) is 7.14. The second-order valence-corrected chi connectivity index (χ2v) is 9.08. The molecule has 1 aromatic heterocycles. The highest BCUT2D eigenvalue weighted by Crippen LogP contribution is 2.23. The van der Waals surface area contributed by atoms with Gasteiger partial charge in [0.2, 0.25) is 15.9 Å². The number of carbonyl (C=O) groups excluding carboxylic acids is 1. The van der Waals surface area contributed by atoms with Crippen LogP contribution in [-0.4, -0.2) is 41.3 Å². The molecule has 0 aliphatic carbocycles. The van der Waals surface area contributed by atoms with Gasteiger partial charge in [-0.15, -0.1) is 0 Å². The highest BCUT2D eigenvalue weighted by atomic mass is 32.2. The maximum atomic E-state index is 12.8. The fourth-order valence-electron chi connectivity index (χ4n) is 3.73. The Morgan fingerprint density at radius 3 is 2.62 bits per heavy atom. The molecule has 1 N–H and O–H groups in total. The molecule has 29 heavy (non-hydrogen) atoms. The van der Waals surface area contributed by atoms with Crippen LogP contribution in [-0.2, 0) is 27.8 Å². The number of anilines is 1. The number of aromatic nitrogens is 2. The van der Waals surface area contributed by atoms with Crippen molar-refractivity contribution in [2.24, 2.45) is 0 Å². The Hall–Kier alpha value is -2.71. The van der Waals surface area contributed by atoms with Gasteiger partial charge in [-0.3, -0.25) is 4.79 Å². The standard InChI is InChI=1S/C21H24N4O3S/c1-2-20-23-18-10-3-4-11-19(18)25(20)15-21(26)22-16-8-7-9-17(14-16)29(27,28)24-12-5-6-13-24/h3-4,7-11,14H,2,5-6,12-13,15H2,1H3,(H,22,26). The van der Waals surface area contributed by atoms with Crippen LogP contribution in [0.3, 0.4) is 0 Å². The summed E-state index contributed by atoms with van der Waals surface area (Å²) in [6.07, 6.45) is 2.48. The summed E-state index contributed by atoms with van der Waals surface area (Å²) in [7, 11) is -3.52. The molecule has 1 aliphatic heterocycles. The van der Waals surface area contributed by atoms with E-state index >= 15 is 0 Å². The molecule has 1 amide bonds. The van der Waals surface area contributed by atoms with Crippen molar-refractivity contribution in [2.45, 2.75) is 37.6 Å². The zero-order valence-corrected chi connectivity index (χ0v) is 17.2. The normalized spacial score (nSPS) is 15.1. The number of nitrogens with one attached hydrogen (secondary N) is 1. The lowest BCUT2D eigenvalue weighted by molar-refractivity contribution is -0.116. The van der Waals surface area contributed by atoms with Crippen LogP contribution in [0, 0.1) is 0 Å². The van der Waals surface area contributed by atoms with Gasteiger partial charge in [-0.1, -0.05) is 25.1 Å². The number of imidazole rings is 1. The van der Waals surface area contributed by atoms with Gasteiger partial charge in [0.05, 0.1) is 15.9 Å². The van der Waals surface area contributed by atoms with Crippen LogP contribution in [0.2, 0.25) is 0 Å². The van der Waals surface area contributed by atoms with Crippen molar-refractivity contribution < 1.29 is 13.2 Å². The average molecular weight is 413 g/mol. The van der Waals surface area contributed by atoms with E-state index in [1.54, 1.807) is 18.2 Å². The van der Waals surface area contributed by atoms with Crippen molar-refractivity contribution in [3.63, 3.8) is 0 Å². The number of fused-ring (bicyclic) bond motifs is 1. The smallest absolute Gasteiger partial charge is 0.244 e. The van der Waals surface area contributed by atoms with Crippen molar-refractivity contribution in [3.8, 4) is 0 Å². The third-order valence-corrected chi connectivity index (χ3v) is 7.07. The van der Waals surface area contributed by atoms with E-state index in [1.807, 2.05) is 35.8 Å². The summed E-state index contributed by atoms with van der Waals surface area (Å²) in [5, 5.41) is 2.83. The van der Waals surface area contributed by atoms with E-state index in [0.717, 1.165) is 29.7 Å². The molecule has 1 saturated heterocycles. The minimum absolute atomic E-state index is 0.118. The summed E-state index contributed by atoms with van der Waals surface area (Å²) >= 11 is 0. The number of hydrogen-bond donors (Lipinski definition) is 1. The van der Waals surface area contributed by atoms with Gasteiger partial charge in [0, 0.05) is 25.2 Å². The van der Waals surface area contributed by atoms with Gasteiger partial charge in [0.1, 0.15) is 12.4 Å². The van der Waals surface area contributed by atoms with Gasteiger partial charge in [-0.25, -0.2) is 13.4 Å². The van der Waals surface area contributed by atoms with Crippen LogP contribution in [0.25, 0.3) is 11.0 Å². The first-order valence-corrected chi connectivity index (χ1v) is 11.3. The third kappa shape index (κ3) is 3.90. The van der Waals surface area contributed by atoms with E-state index in [0.29, 0.717) is 25.2 Å². The highest BCUT2D eigenvalue weighted by Gasteiger charge is 2.27.